The van der Waals surface area contributed by atoms with Gasteiger partial charge in [0.1, 0.15) is 0 Å². The van der Waals surface area contributed by atoms with Gasteiger partial charge in [0.2, 0.25) is 0 Å². The molecule has 4 fully saturated rings. The van der Waals surface area contributed by atoms with Gasteiger partial charge in [0, 0.05) is 13.2 Å². The molecule has 0 bridgehead atoms. The van der Waals surface area contributed by atoms with Crippen LogP contribution in [0.1, 0.15) is 72.1 Å². The number of nitrogens with zero attached hydrogens (tertiary/aromatic N) is 1. The highest BCUT2D eigenvalue weighted by Gasteiger charge is 2.61. The van der Waals surface area contributed by atoms with Gasteiger partial charge in [-0.05, 0) is 92.8 Å². The highest BCUT2D eigenvalue weighted by Crippen LogP contribution is 2.68. The summed E-state index contributed by atoms with van der Waals surface area (Å²) in [5.74, 6) is 2.88. The Morgan fingerprint density at radius 1 is 1.12 bits per heavy atom. The molecule has 0 radical (unpaired) electrons. The van der Waals surface area contributed by atoms with E-state index in [1.807, 2.05) is 13.0 Å². The van der Waals surface area contributed by atoms with Gasteiger partial charge < -0.3 is 9.84 Å². The number of fused-ring (bicyclic) bond motifs is 5. The SMILES string of the molecule is CO[C@H]1C[C@@]2(C)[C@H](CC[C@@H]3[C@@H]2CC[C@]2(C)/C(=C\C#N)CC[C@@H]32)C[C@]1(C)O. The lowest BCUT2D eigenvalue weighted by Gasteiger charge is -2.62. The van der Waals surface area contributed by atoms with Crippen molar-refractivity contribution in [3.63, 3.8) is 0 Å². The summed E-state index contributed by atoms with van der Waals surface area (Å²) in [6, 6.07) is 2.31. The number of aliphatic hydroxyl groups is 1. The Kier molecular flexibility index (Phi) is 4.33. The zero-order valence-corrected chi connectivity index (χ0v) is 16.9. The van der Waals surface area contributed by atoms with Gasteiger partial charge in [0.25, 0.3) is 0 Å². The van der Waals surface area contributed by atoms with E-state index in [9.17, 15) is 10.4 Å². The molecule has 0 unspecified atom stereocenters. The predicted molar refractivity (Wildman–Crippen MR) is 102 cm³/mol. The molecule has 0 saturated heterocycles. The second-order valence-electron chi connectivity index (χ2n) is 10.4. The molecule has 4 aliphatic carbocycles. The first-order valence-electron chi connectivity index (χ1n) is 10.6. The lowest BCUT2D eigenvalue weighted by atomic mass is 9.44. The number of allylic oxidation sites excluding steroid dienone is 2. The third-order valence-electron chi connectivity index (χ3n) is 9.41. The summed E-state index contributed by atoms with van der Waals surface area (Å²) >= 11 is 0. The van der Waals surface area contributed by atoms with Crippen LogP contribution in [0.25, 0.3) is 0 Å². The summed E-state index contributed by atoms with van der Waals surface area (Å²) < 4.78 is 5.76. The molecule has 8 atom stereocenters. The van der Waals surface area contributed by atoms with Gasteiger partial charge in [-0.3, -0.25) is 0 Å². The Balaban J connectivity index is 1.64. The largest absolute Gasteiger partial charge is 0.387 e. The molecule has 144 valence electrons. The normalized spacial score (nSPS) is 54.9. The summed E-state index contributed by atoms with van der Waals surface area (Å²) in [4.78, 5) is 0. The molecule has 3 nitrogen and oxygen atoms in total. The average Bonchev–Trinajstić information content (AvgIpc) is 2.92. The van der Waals surface area contributed by atoms with Crippen molar-refractivity contribution in [2.45, 2.75) is 83.8 Å². The minimum atomic E-state index is -0.689. The Labute approximate surface area is 158 Å². The lowest BCUT2D eigenvalue weighted by Crippen LogP contribution is -2.59. The maximum atomic E-state index is 10.9. The number of rotatable bonds is 1. The standard InChI is InChI=1S/C23H35NO2/c1-21-11-9-19-17(18(21)8-6-15(21)10-12-24)7-5-16-13-23(3,25)20(26-4)14-22(16,19)2/h10,16-20,25H,5-9,11,13-14H2,1-4H3/b15-10-/t16-,17+,18+,19+,20+,21-,22+,23+/m1/s1. The van der Waals surface area contributed by atoms with Gasteiger partial charge in [0.15, 0.2) is 0 Å². The number of hydrogen-bond donors (Lipinski definition) is 1. The first kappa shape index (κ1) is 18.5. The van der Waals surface area contributed by atoms with Crippen LogP contribution >= 0.6 is 0 Å². The summed E-state index contributed by atoms with van der Waals surface area (Å²) in [5.41, 5.74) is 1.26. The van der Waals surface area contributed by atoms with Crippen molar-refractivity contribution in [2.24, 2.45) is 34.5 Å². The van der Waals surface area contributed by atoms with Crippen LogP contribution in [0.3, 0.4) is 0 Å². The second kappa shape index (κ2) is 6.08. The van der Waals surface area contributed by atoms with E-state index in [0.29, 0.717) is 5.92 Å². The monoisotopic (exact) mass is 357 g/mol. The maximum Gasteiger partial charge on any atom is 0.0911 e. The molecular weight excluding hydrogens is 322 g/mol. The molecule has 26 heavy (non-hydrogen) atoms. The topological polar surface area (TPSA) is 53.2 Å². The van der Waals surface area contributed by atoms with Crippen LogP contribution in [0.4, 0.5) is 0 Å². The first-order chi connectivity index (χ1) is 12.3. The Morgan fingerprint density at radius 3 is 2.58 bits per heavy atom. The Morgan fingerprint density at radius 2 is 1.88 bits per heavy atom. The van der Waals surface area contributed by atoms with E-state index in [2.05, 4.69) is 19.9 Å². The molecule has 0 aromatic rings. The summed E-state index contributed by atoms with van der Waals surface area (Å²) in [6.07, 6.45) is 11.1. The van der Waals surface area contributed by atoms with Crippen molar-refractivity contribution < 1.29 is 9.84 Å². The summed E-state index contributed by atoms with van der Waals surface area (Å²) in [7, 11) is 1.76. The van der Waals surface area contributed by atoms with Gasteiger partial charge in [-0.15, -0.1) is 0 Å². The van der Waals surface area contributed by atoms with Crippen LogP contribution < -0.4 is 0 Å². The third-order valence-corrected chi connectivity index (χ3v) is 9.41. The van der Waals surface area contributed by atoms with Gasteiger partial charge in [-0.2, -0.15) is 5.26 Å². The molecule has 0 amide bonds. The third kappa shape index (κ3) is 2.45. The average molecular weight is 358 g/mol. The first-order valence-corrected chi connectivity index (χ1v) is 10.6. The van der Waals surface area contributed by atoms with E-state index in [1.165, 1.54) is 37.7 Å². The molecule has 0 spiro atoms. The molecule has 0 aromatic heterocycles. The second-order valence-corrected chi connectivity index (χ2v) is 10.4. The van der Waals surface area contributed by atoms with E-state index in [4.69, 9.17) is 4.74 Å². The minimum absolute atomic E-state index is 0.0477. The fourth-order valence-corrected chi connectivity index (χ4v) is 7.94. The fraction of sp³-hybridized carbons (Fsp3) is 0.870. The van der Waals surface area contributed by atoms with Crippen LogP contribution in [0.5, 0.6) is 0 Å². The van der Waals surface area contributed by atoms with Crippen LogP contribution in [0.15, 0.2) is 11.6 Å². The highest BCUT2D eigenvalue weighted by atomic mass is 16.5. The quantitative estimate of drug-likeness (QED) is 0.682. The molecule has 0 aromatic carbocycles. The van der Waals surface area contributed by atoms with Crippen LogP contribution in [-0.2, 0) is 4.74 Å². The molecule has 1 N–H and O–H groups in total. The zero-order valence-electron chi connectivity index (χ0n) is 16.9. The number of methoxy groups -OCH3 is 1. The van der Waals surface area contributed by atoms with E-state index in [0.717, 1.165) is 37.0 Å². The lowest BCUT2D eigenvalue weighted by molar-refractivity contribution is -0.195. The minimum Gasteiger partial charge on any atom is -0.387 e. The van der Waals surface area contributed by atoms with E-state index in [-0.39, 0.29) is 16.9 Å². The molecule has 0 aliphatic heterocycles. The fourth-order valence-electron chi connectivity index (χ4n) is 7.94. The van der Waals surface area contributed by atoms with Crippen molar-refractivity contribution in [1.82, 2.24) is 0 Å². The van der Waals surface area contributed by atoms with Gasteiger partial charge in [-0.1, -0.05) is 19.4 Å². The van der Waals surface area contributed by atoms with Crippen LogP contribution in [-0.4, -0.2) is 23.9 Å². The number of ether oxygens (including phenoxy) is 1. The molecule has 4 rings (SSSR count). The molecule has 4 aliphatic rings. The molecule has 3 heteroatoms. The summed E-state index contributed by atoms with van der Waals surface area (Å²) in [6.45, 7) is 6.90. The van der Waals surface area contributed by atoms with Crippen molar-refractivity contribution in [3.05, 3.63) is 11.6 Å². The molecule has 0 heterocycles. The van der Waals surface area contributed by atoms with Crippen molar-refractivity contribution in [3.8, 4) is 6.07 Å². The highest BCUT2D eigenvalue weighted by molar-refractivity contribution is 5.28. The number of nitriles is 1. The van der Waals surface area contributed by atoms with Gasteiger partial charge >= 0.3 is 0 Å². The van der Waals surface area contributed by atoms with E-state index < -0.39 is 5.60 Å². The summed E-state index contributed by atoms with van der Waals surface area (Å²) in [5, 5.41) is 20.1. The van der Waals surface area contributed by atoms with Crippen molar-refractivity contribution >= 4 is 0 Å². The number of hydrogen-bond acceptors (Lipinski definition) is 3. The van der Waals surface area contributed by atoms with Crippen LogP contribution in [0.2, 0.25) is 0 Å². The molecular formula is C23H35NO2. The zero-order chi connectivity index (χ0) is 18.7. The molecule has 4 saturated carbocycles. The van der Waals surface area contributed by atoms with E-state index >= 15 is 0 Å². The van der Waals surface area contributed by atoms with Gasteiger partial charge in [-0.25, -0.2) is 0 Å². The predicted octanol–water partition coefficient (Wildman–Crippen LogP) is 4.85. The Hall–Kier alpha value is -0.850. The maximum absolute atomic E-state index is 10.9. The van der Waals surface area contributed by atoms with Crippen molar-refractivity contribution in [2.75, 3.05) is 7.11 Å². The van der Waals surface area contributed by atoms with Gasteiger partial charge in [0.05, 0.1) is 17.8 Å². The van der Waals surface area contributed by atoms with Crippen molar-refractivity contribution in [1.29, 1.82) is 5.26 Å². The Bertz CT molecular complexity index is 647. The van der Waals surface area contributed by atoms with Crippen LogP contribution in [0, 0.1) is 45.8 Å². The smallest absolute Gasteiger partial charge is 0.0911 e. The van der Waals surface area contributed by atoms with E-state index in [1.54, 1.807) is 7.11 Å².